The molecule has 0 amide bonds. The Bertz CT molecular complexity index is 856. The molecule has 1 fully saturated rings. The fourth-order valence-corrected chi connectivity index (χ4v) is 4.53. The zero-order chi connectivity index (χ0) is 18.9. The van der Waals surface area contributed by atoms with Crippen LogP contribution in [-0.2, 0) is 19.5 Å². The fraction of sp³-hybridized carbons (Fsp3) is 0.545. The average Bonchev–Trinajstić information content (AvgIpc) is 2.74. The number of ether oxygens (including phenoxy) is 2. The predicted octanol–water partition coefficient (Wildman–Crippen LogP) is 2.96. The normalized spacial score (nSPS) is 22.7. The van der Waals surface area contributed by atoms with Crippen molar-refractivity contribution in [3.05, 3.63) is 47.0 Å². The van der Waals surface area contributed by atoms with Crippen LogP contribution in [0.3, 0.4) is 0 Å². The lowest BCUT2D eigenvalue weighted by Gasteiger charge is -2.33. The fourth-order valence-electron chi connectivity index (χ4n) is 4.53. The molecule has 5 rings (SSSR count). The van der Waals surface area contributed by atoms with Crippen LogP contribution < -0.4 is 9.47 Å². The van der Waals surface area contributed by atoms with Crippen LogP contribution in [0.4, 0.5) is 0 Å². The van der Waals surface area contributed by atoms with E-state index in [9.17, 15) is 0 Å². The van der Waals surface area contributed by atoms with Crippen molar-refractivity contribution in [2.24, 2.45) is 0 Å². The highest BCUT2D eigenvalue weighted by Gasteiger charge is 2.25. The van der Waals surface area contributed by atoms with Gasteiger partial charge in [0, 0.05) is 43.5 Å². The molecule has 1 aromatic heterocycles. The second-order valence-corrected chi connectivity index (χ2v) is 8.13. The van der Waals surface area contributed by atoms with Crippen LogP contribution in [-0.4, -0.2) is 53.1 Å². The van der Waals surface area contributed by atoms with Gasteiger partial charge in [-0.25, -0.2) is 9.97 Å². The summed E-state index contributed by atoms with van der Waals surface area (Å²) in [5.74, 6) is 2.74. The minimum Gasteiger partial charge on any atom is -0.486 e. The predicted molar refractivity (Wildman–Crippen MR) is 107 cm³/mol. The molecule has 0 radical (unpaired) electrons. The maximum Gasteiger partial charge on any atom is 0.161 e. The summed E-state index contributed by atoms with van der Waals surface area (Å²) in [6.07, 6.45) is 6.79. The zero-order valence-corrected chi connectivity index (χ0v) is 16.6. The van der Waals surface area contributed by atoms with Crippen LogP contribution in [0.15, 0.2) is 24.4 Å². The van der Waals surface area contributed by atoms with Gasteiger partial charge in [-0.15, -0.1) is 0 Å². The van der Waals surface area contributed by atoms with Gasteiger partial charge in [0.25, 0.3) is 0 Å². The van der Waals surface area contributed by atoms with E-state index in [4.69, 9.17) is 19.4 Å². The number of piperidine rings is 1. The van der Waals surface area contributed by atoms with Crippen LogP contribution in [0.1, 0.15) is 47.9 Å². The third-order valence-electron chi connectivity index (χ3n) is 6.11. The van der Waals surface area contributed by atoms with Crippen LogP contribution in [0, 0.1) is 0 Å². The average molecular weight is 380 g/mol. The lowest BCUT2D eigenvalue weighted by molar-refractivity contribution is 0.170. The van der Waals surface area contributed by atoms with Crippen molar-refractivity contribution in [3.63, 3.8) is 0 Å². The molecule has 148 valence electrons. The molecule has 0 unspecified atom stereocenters. The molecule has 28 heavy (non-hydrogen) atoms. The van der Waals surface area contributed by atoms with E-state index in [1.54, 1.807) is 0 Å². The van der Waals surface area contributed by atoms with Crippen molar-refractivity contribution < 1.29 is 9.47 Å². The Morgan fingerprint density at radius 2 is 2.00 bits per heavy atom. The van der Waals surface area contributed by atoms with E-state index in [2.05, 4.69) is 35.2 Å². The Morgan fingerprint density at radius 3 is 2.89 bits per heavy atom. The van der Waals surface area contributed by atoms with E-state index >= 15 is 0 Å². The zero-order valence-electron chi connectivity index (χ0n) is 16.6. The highest BCUT2D eigenvalue weighted by atomic mass is 16.6. The second-order valence-electron chi connectivity index (χ2n) is 8.13. The van der Waals surface area contributed by atoms with Crippen molar-refractivity contribution >= 4 is 0 Å². The number of hydrogen-bond donors (Lipinski definition) is 0. The minimum atomic E-state index is 0.384. The first kappa shape index (κ1) is 17.9. The minimum absolute atomic E-state index is 0.384. The SMILES string of the molecule is CN1CCCC[C@@H]1c1ncc2c(n1)CCN(Cc1ccc3c(c1)OCCO3)C2. The van der Waals surface area contributed by atoms with Gasteiger partial charge in [0.05, 0.1) is 6.04 Å². The van der Waals surface area contributed by atoms with E-state index in [-0.39, 0.29) is 0 Å². The topological polar surface area (TPSA) is 50.7 Å². The Hall–Kier alpha value is -2.18. The summed E-state index contributed by atoms with van der Waals surface area (Å²) in [7, 11) is 2.20. The van der Waals surface area contributed by atoms with Crippen molar-refractivity contribution in [2.75, 3.05) is 33.4 Å². The Balaban J connectivity index is 1.28. The molecule has 0 N–H and O–H groups in total. The number of likely N-dealkylation sites (tertiary alicyclic amines) is 1. The van der Waals surface area contributed by atoms with Gasteiger partial charge in [0.15, 0.2) is 11.5 Å². The van der Waals surface area contributed by atoms with E-state index in [0.29, 0.717) is 19.3 Å². The van der Waals surface area contributed by atoms with E-state index in [1.165, 1.54) is 36.1 Å². The monoisotopic (exact) mass is 380 g/mol. The second kappa shape index (κ2) is 7.68. The van der Waals surface area contributed by atoms with E-state index in [1.807, 2.05) is 6.07 Å². The molecular weight excluding hydrogens is 352 g/mol. The van der Waals surface area contributed by atoms with Gasteiger partial charge in [-0.05, 0) is 44.1 Å². The van der Waals surface area contributed by atoms with Gasteiger partial charge < -0.3 is 9.47 Å². The van der Waals surface area contributed by atoms with Gasteiger partial charge in [-0.3, -0.25) is 9.80 Å². The maximum absolute atomic E-state index is 5.72. The lowest BCUT2D eigenvalue weighted by Crippen LogP contribution is -2.33. The van der Waals surface area contributed by atoms with E-state index in [0.717, 1.165) is 49.9 Å². The number of aromatic nitrogens is 2. The summed E-state index contributed by atoms with van der Waals surface area (Å²) >= 11 is 0. The third-order valence-corrected chi connectivity index (χ3v) is 6.11. The molecule has 1 saturated heterocycles. The van der Waals surface area contributed by atoms with Crippen molar-refractivity contribution in [2.45, 2.75) is 44.8 Å². The first-order valence-electron chi connectivity index (χ1n) is 10.4. The Labute approximate surface area is 166 Å². The number of hydrogen-bond acceptors (Lipinski definition) is 6. The standard InChI is InChI=1S/C22H28N4O2/c1-25-8-3-2-4-19(25)22-23-13-17-15-26(9-7-18(17)24-22)14-16-5-6-20-21(12-16)28-11-10-27-20/h5-6,12-13,19H,2-4,7-11,14-15H2,1H3/t19-/m1/s1. The van der Waals surface area contributed by atoms with Crippen LogP contribution >= 0.6 is 0 Å². The molecule has 3 aliphatic rings. The molecule has 0 spiro atoms. The van der Waals surface area contributed by atoms with Crippen molar-refractivity contribution in [1.29, 1.82) is 0 Å². The number of benzene rings is 1. The highest BCUT2D eigenvalue weighted by Crippen LogP contribution is 2.32. The van der Waals surface area contributed by atoms with Crippen molar-refractivity contribution in [1.82, 2.24) is 19.8 Å². The maximum atomic E-state index is 5.72. The van der Waals surface area contributed by atoms with Gasteiger partial charge in [-0.1, -0.05) is 12.5 Å². The van der Waals surface area contributed by atoms with Gasteiger partial charge in [0.1, 0.15) is 19.0 Å². The lowest BCUT2D eigenvalue weighted by atomic mass is 10.0. The summed E-state index contributed by atoms with van der Waals surface area (Å²) < 4.78 is 11.3. The molecule has 6 heteroatoms. The number of rotatable bonds is 3. The molecule has 0 saturated carbocycles. The largest absolute Gasteiger partial charge is 0.486 e. The molecule has 1 aromatic carbocycles. The summed E-state index contributed by atoms with van der Waals surface area (Å²) in [5, 5.41) is 0. The molecule has 3 aliphatic heterocycles. The highest BCUT2D eigenvalue weighted by molar-refractivity contribution is 5.43. The molecule has 6 nitrogen and oxygen atoms in total. The Morgan fingerprint density at radius 1 is 1.11 bits per heavy atom. The molecule has 4 heterocycles. The first-order chi connectivity index (χ1) is 13.8. The van der Waals surface area contributed by atoms with Crippen LogP contribution in [0.5, 0.6) is 11.5 Å². The Kier molecular flexibility index (Phi) is 4.91. The van der Waals surface area contributed by atoms with E-state index < -0.39 is 0 Å². The summed E-state index contributed by atoms with van der Waals surface area (Å²) in [6.45, 7) is 5.25. The number of nitrogens with zero attached hydrogens (tertiary/aromatic N) is 4. The first-order valence-corrected chi connectivity index (χ1v) is 10.4. The smallest absolute Gasteiger partial charge is 0.161 e. The number of fused-ring (bicyclic) bond motifs is 2. The quantitative estimate of drug-likeness (QED) is 0.816. The summed E-state index contributed by atoms with van der Waals surface area (Å²) in [5.41, 5.74) is 3.77. The summed E-state index contributed by atoms with van der Waals surface area (Å²) in [6, 6.07) is 6.66. The summed E-state index contributed by atoms with van der Waals surface area (Å²) in [4.78, 5) is 14.6. The van der Waals surface area contributed by atoms with Gasteiger partial charge >= 0.3 is 0 Å². The third kappa shape index (κ3) is 3.59. The van der Waals surface area contributed by atoms with Crippen molar-refractivity contribution in [3.8, 4) is 11.5 Å². The van der Waals surface area contributed by atoms with Gasteiger partial charge in [-0.2, -0.15) is 0 Å². The molecule has 0 aliphatic carbocycles. The molecule has 1 atom stereocenters. The molecular formula is C22H28N4O2. The molecule has 2 aromatic rings. The molecule has 0 bridgehead atoms. The van der Waals surface area contributed by atoms with Crippen LogP contribution in [0.25, 0.3) is 0 Å². The van der Waals surface area contributed by atoms with Gasteiger partial charge in [0.2, 0.25) is 0 Å². The van der Waals surface area contributed by atoms with Crippen LogP contribution in [0.2, 0.25) is 0 Å².